The number of rotatable bonds is 6. The maximum atomic E-state index is 12.9. The van der Waals surface area contributed by atoms with Crippen molar-refractivity contribution < 1.29 is 9.59 Å². The zero-order chi connectivity index (χ0) is 18.7. The Bertz CT molecular complexity index is 784. The van der Waals surface area contributed by atoms with Crippen LogP contribution in [-0.2, 0) is 16.8 Å². The van der Waals surface area contributed by atoms with Crippen molar-refractivity contribution in [2.75, 3.05) is 6.54 Å². The van der Waals surface area contributed by atoms with Crippen molar-refractivity contribution in [3.8, 4) is 0 Å². The van der Waals surface area contributed by atoms with Gasteiger partial charge in [-0.25, -0.2) is 4.79 Å². The summed E-state index contributed by atoms with van der Waals surface area (Å²) in [4.78, 5) is 26.7. The SMILES string of the molecule is CC(C)c1ccc([C@]2(C)NC(=O)N(CCCc3ccccc3)C2=O)cc1. The van der Waals surface area contributed by atoms with Gasteiger partial charge >= 0.3 is 6.03 Å². The first-order valence-corrected chi connectivity index (χ1v) is 9.20. The Labute approximate surface area is 155 Å². The summed E-state index contributed by atoms with van der Waals surface area (Å²) in [5.41, 5.74) is 2.27. The van der Waals surface area contributed by atoms with Crippen molar-refractivity contribution in [2.24, 2.45) is 0 Å². The smallest absolute Gasteiger partial charge is 0.319 e. The number of urea groups is 1. The average Bonchev–Trinajstić information content (AvgIpc) is 2.86. The van der Waals surface area contributed by atoms with E-state index in [1.807, 2.05) is 42.5 Å². The molecule has 2 aromatic rings. The minimum Gasteiger partial charge on any atom is -0.319 e. The van der Waals surface area contributed by atoms with Crippen LogP contribution in [0.15, 0.2) is 54.6 Å². The fourth-order valence-electron chi connectivity index (χ4n) is 3.38. The quantitative estimate of drug-likeness (QED) is 0.794. The number of benzene rings is 2. The molecular formula is C22H26N2O2. The van der Waals surface area contributed by atoms with Gasteiger partial charge in [-0.1, -0.05) is 68.4 Å². The summed E-state index contributed by atoms with van der Waals surface area (Å²) in [7, 11) is 0. The summed E-state index contributed by atoms with van der Waals surface area (Å²) in [6, 6.07) is 17.8. The second kappa shape index (κ2) is 7.32. The van der Waals surface area contributed by atoms with Crippen molar-refractivity contribution in [2.45, 2.75) is 45.1 Å². The number of nitrogens with zero attached hydrogens (tertiary/aromatic N) is 1. The Morgan fingerprint density at radius 3 is 2.27 bits per heavy atom. The van der Waals surface area contributed by atoms with Gasteiger partial charge < -0.3 is 5.32 Å². The van der Waals surface area contributed by atoms with Gasteiger partial charge in [-0.2, -0.15) is 0 Å². The summed E-state index contributed by atoms with van der Waals surface area (Å²) in [6.45, 7) is 6.48. The lowest BCUT2D eigenvalue weighted by atomic mass is 9.90. The molecule has 0 unspecified atom stereocenters. The van der Waals surface area contributed by atoms with Crippen LogP contribution in [0.25, 0.3) is 0 Å². The Kier molecular flexibility index (Phi) is 5.12. The lowest BCUT2D eigenvalue weighted by Crippen LogP contribution is -2.41. The molecule has 0 aliphatic carbocycles. The van der Waals surface area contributed by atoms with Crippen molar-refractivity contribution in [1.82, 2.24) is 10.2 Å². The topological polar surface area (TPSA) is 49.4 Å². The van der Waals surface area contributed by atoms with Gasteiger partial charge in [0.25, 0.3) is 5.91 Å². The molecule has 0 bridgehead atoms. The Morgan fingerprint density at radius 1 is 1.00 bits per heavy atom. The maximum absolute atomic E-state index is 12.9. The molecule has 0 aromatic heterocycles. The molecule has 1 fully saturated rings. The third-order valence-electron chi connectivity index (χ3n) is 5.12. The van der Waals surface area contributed by atoms with Gasteiger partial charge in [-0.05, 0) is 42.4 Å². The first kappa shape index (κ1) is 18.2. The van der Waals surface area contributed by atoms with Crippen LogP contribution in [0.5, 0.6) is 0 Å². The molecule has 1 aliphatic rings. The molecule has 1 atom stereocenters. The number of carbonyl (C=O) groups is 2. The molecule has 0 radical (unpaired) electrons. The second-order valence-corrected chi connectivity index (χ2v) is 7.38. The molecule has 3 rings (SSSR count). The fourth-order valence-corrected chi connectivity index (χ4v) is 3.38. The largest absolute Gasteiger partial charge is 0.325 e. The van der Waals surface area contributed by atoms with Crippen molar-refractivity contribution in [1.29, 1.82) is 0 Å². The first-order chi connectivity index (χ1) is 12.4. The standard InChI is InChI=1S/C22H26N2O2/c1-16(2)18-11-13-19(14-12-18)22(3)20(25)24(21(26)23-22)15-7-10-17-8-5-4-6-9-17/h4-6,8-9,11-14,16H,7,10,15H2,1-3H3,(H,23,26)/t22-/m0/s1. The molecular weight excluding hydrogens is 324 g/mol. The molecule has 136 valence electrons. The molecule has 0 spiro atoms. The Morgan fingerprint density at radius 2 is 1.65 bits per heavy atom. The molecule has 26 heavy (non-hydrogen) atoms. The second-order valence-electron chi connectivity index (χ2n) is 7.38. The highest BCUT2D eigenvalue weighted by Crippen LogP contribution is 2.30. The first-order valence-electron chi connectivity index (χ1n) is 9.20. The zero-order valence-electron chi connectivity index (χ0n) is 15.7. The molecule has 3 amide bonds. The number of nitrogens with one attached hydrogen (secondary N) is 1. The number of imide groups is 1. The number of hydrogen-bond donors (Lipinski definition) is 1. The van der Waals surface area contributed by atoms with E-state index >= 15 is 0 Å². The normalized spacial score (nSPS) is 19.9. The average molecular weight is 350 g/mol. The van der Waals surface area contributed by atoms with Gasteiger partial charge in [0, 0.05) is 6.54 Å². The lowest BCUT2D eigenvalue weighted by Gasteiger charge is -2.23. The maximum Gasteiger partial charge on any atom is 0.325 e. The van der Waals surface area contributed by atoms with Gasteiger partial charge in [0.1, 0.15) is 5.54 Å². The monoisotopic (exact) mass is 350 g/mol. The molecule has 4 heteroatoms. The fraction of sp³-hybridized carbons (Fsp3) is 0.364. The van der Waals surface area contributed by atoms with E-state index in [1.165, 1.54) is 16.0 Å². The van der Waals surface area contributed by atoms with Crippen LogP contribution in [-0.4, -0.2) is 23.4 Å². The summed E-state index contributed by atoms with van der Waals surface area (Å²) in [5, 5.41) is 2.88. The van der Waals surface area contributed by atoms with Crippen molar-refractivity contribution >= 4 is 11.9 Å². The van der Waals surface area contributed by atoms with E-state index in [9.17, 15) is 9.59 Å². The molecule has 1 aliphatic heterocycles. The summed E-state index contributed by atoms with van der Waals surface area (Å²) in [5.74, 6) is 0.257. The van der Waals surface area contributed by atoms with E-state index in [2.05, 4.69) is 31.3 Å². The van der Waals surface area contributed by atoms with E-state index in [0.717, 1.165) is 18.4 Å². The van der Waals surface area contributed by atoms with E-state index in [4.69, 9.17) is 0 Å². The predicted octanol–water partition coefficient (Wildman–Crippen LogP) is 4.21. The van der Waals surface area contributed by atoms with E-state index in [1.54, 1.807) is 6.92 Å². The van der Waals surface area contributed by atoms with E-state index < -0.39 is 5.54 Å². The predicted molar refractivity (Wildman–Crippen MR) is 103 cm³/mol. The molecule has 0 saturated carbocycles. The van der Waals surface area contributed by atoms with Crippen LogP contribution in [0.1, 0.15) is 49.8 Å². The Hall–Kier alpha value is -2.62. The van der Waals surface area contributed by atoms with Crippen LogP contribution < -0.4 is 5.32 Å². The van der Waals surface area contributed by atoms with Gasteiger partial charge in [-0.15, -0.1) is 0 Å². The highest BCUT2D eigenvalue weighted by molar-refractivity contribution is 6.07. The third kappa shape index (κ3) is 3.50. The van der Waals surface area contributed by atoms with Gasteiger partial charge in [-0.3, -0.25) is 9.69 Å². The van der Waals surface area contributed by atoms with Crippen LogP contribution in [0, 0.1) is 0 Å². The summed E-state index contributed by atoms with van der Waals surface area (Å²) < 4.78 is 0. The minimum atomic E-state index is -0.987. The highest BCUT2D eigenvalue weighted by atomic mass is 16.2. The number of aryl methyl sites for hydroxylation is 1. The lowest BCUT2D eigenvalue weighted by molar-refractivity contribution is -0.131. The van der Waals surface area contributed by atoms with Gasteiger partial charge in [0.2, 0.25) is 0 Å². The zero-order valence-corrected chi connectivity index (χ0v) is 15.7. The minimum absolute atomic E-state index is 0.173. The van der Waals surface area contributed by atoms with E-state index in [-0.39, 0.29) is 11.9 Å². The number of hydrogen-bond acceptors (Lipinski definition) is 2. The Balaban J connectivity index is 1.69. The number of carbonyl (C=O) groups excluding carboxylic acids is 2. The molecule has 1 heterocycles. The molecule has 2 aromatic carbocycles. The molecule has 1 saturated heterocycles. The third-order valence-corrected chi connectivity index (χ3v) is 5.12. The van der Waals surface area contributed by atoms with Crippen LogP contribution in [0.4, 0.5) is 4.79 Å². The van der Waals surface area contributed by atoms with Crippen LogP contribution in [0.3, 0.4) is 0 Å². The summed E-state index contributed by atoms with van der Waals surface area (Å²) >= 11 is 0. The van der Waals surface area contributed by atoms with Crippen molar-refractivity contribution in [3.05, 3.63) is 71.3 Å². The van der Waals surface area contributed by atoms with Crippen LogP contribution >= 0.6 is 0 Å². The van der Waals surface area contributed by atoms with Crippen LogP contribution in [0.2, 0.25) is 0 Å². The summed E-state index contributed by atoms with van der Waals surface area (Å²) in [6.07, 6.45) is 1.60. The number of amides is 3. The van der Waals surface area contributed by atoms with Gasteiger partial charge in [0.15, 0.2) is 0 Å². The van der Waals surface area contributed by atoms with E-state index in [0.29, 0.717) is 12.5 Å². The van der Waals surface area contributed by atoms with Crippen molar-refractivity contribution in [3.63, 3.8) is 0 Å². The van der Waals surface area contributed by atoms with Gasteiger partial charge in [0.05, 0.1) is 0 Å². The molecule has 4 nitrogen and oxygen atoms in total. The highest BCUT2D eigenvalue weighted by Gasteiger charge is 2.48. The molecule has 1 N–H and O–H groups in total.